The topological polar surface area (TPSA) is 94.2 Å². The quantitative estimate of drug-likeness (QED) is 0.198. The number of hydrogen-bond donors (Lipinski definition) is 1. The van der Waals surface area contributed by atoms with Gasteiger partial charge in [0.15, 0.2) is 23.2 Å². The molecule has 0 spiro atoms. The van der Waals surface area contributed by atoms with Crippen LogP contribution in [0.25, 0.3) is 6.08 Å². The van der Waals surface area contributed by atoms with Gasteiger partial charge >= 0.3 is 5.97 Å². The summed E-state index contributed by atoms with van der Waals surface area (Å²) in [7, 11) is 0. The van der Waals surface area contributed by atoms with E-state index < -0.39 is 17.8 Å². The summed E-state index contributed by atoms with van der Waals surface area (Å²) in [5.41, 5.74) is 0.482. The summed E-state index contributed by atoms with van der Waals surface area (Å²) < 4.78 is 16.5. The van der Waals surface area contributed by atoms with E-state index in [1.165, 1.54) is 6.08 Å². The van der Waals surface area contributed by atoms with Gasteiger partial charge < -0.3 is 14.2 Å². The molecule has 2 aromatic rings. The van der Waals surface area contributed by atoms with Crippen molar-refractivity contribution in [3.05, 3.63) is 56.0 Å². The van der Waals surface area contributed by atoms with Crippen LogP contribution < -0.4 is 19.7 Å². The first-order valence-corrected chi connectivity index (χ1v) is 12.2. The third-order valence-corrected chi connectivity index (χ3v) is 6.37. The summed E-state index contributed by atoms with van der Waals surface area (Å²) in [5.74, 6) is -1.31. The molecular formula is C23H19BrCl2N2O6S. The van der Waals surface area contributed by atoms with E-state index in [1.54, 1.807) is 44.2 Å². The largest absolute Gasteiger partial charge is 0.490 e. The Labute approximate surface area is 225 Å². The minimum absolute atomic E-state index is 0.114. The standard InChI is InChI=1S/C23H19BrCl2N2O6S/c1-3-32-17-9-12(14(24)10-18(17)34-11-19(29)33-4-2)8-13-21(30)27-23(35)28(22(13)31)16-7-5-6-15(25)20(16)26/h5-10H,3-4,11H2,1-2H3,(H,27,30,35)/b13-8+. The van der Waals surface area contributed by atoms with Crippen LogP contribution in [0.3, 0.4) is 0 Å². The lowest BCUT2D eigenvalue weighted by atomic mass is 10.1. The number of ether oxygens (including phenoxy) is 3. The molecule has 2 amide bonds. The monoisotopic (exact) mass is 600 g/mol. The smallest absolute Gasteiger partial charge is 0.344 e. The van der Waals surface area contributed by atoms with Crippen LogP contribution in [0.5, 0.6) is 11.5 Å². The van der Waals surface area contributed by atoms with Crippen molar-refractivity contribution in [2.45, 2.75) is 13.8 Å². The zero-order valence-corrected chi connectivity index (χ0v) is 22.4. The fourth-order valence-corrected chi connectivity index (χ4v) is 4.17. The lowest BCUT2D eigenvalue weighted by molar-refractivity contribution is -0.145. The molecule has 12 heteroatoms. The molecule has 1 aliphatic rings. The van der Waals surface area contributed by atoms with Gasteiger partial charge in [-0.1, -0.05) is 45.2 Å². The zero-order valence-electron chi connectivity index (χ0n) is 18.5. The number of rotatable bonds is 8. The van der Waals surface area contributed by atoms with E-state index in [1.807, 2.05) is 0 Å². The molecule has 0 aromatic heterocycles. The van der Waals surface area contributed by atoms with E-state index >= 15 is 0 Å². The molecule has 2 aromatic carbocycles. The summed E-state index contributed by atoms with van der Waals surface area (Å²) in [4.78, 5) is 38.8. The van der Waals surface area contributed by atoms with Gasteiger partial charge in [0.1, 0.15) is 5.57 Å². The molecule has 3 rings (SSSR count). The molecule has 0 bridgehead atoms. The highest BCUT2D eigenvalue weighted by molar-refractivity contribution is 9.10. The number of carbonyl (C=O) groups excluding carboxylic acids is 3. The van der Waals surface area contributed by atoms with Gasteiger partial charge in [0.25, 0.3) is 11.8 Å². The normalized spacial score (nSPS) is 14.7. The summed E-state index contributed by atoms with van der Waals surface area (Å²) >= 11 is 21.0. The molecular weight excluding hydrogens is 583 g/mol. The SMILES string of the molecule is CCOC(=O)COc1cc(Br)c(/C=C2\C(=O)NC(=S)N(c3cccc(Cl)c3Cl)C2=O)cc1OCC. The van der Waals surface area contributed by atoms with E-state index in [4.69, 9.17) is 49.6 Å². The molecule has 8 nitrogen and oxygen atoms in total. The molecule has 1 saturated heterocycles. The van der Waals surface area contributed by atoms with Crippen molar-refractivity contribution in [3.8, 4) is 11.5 Å². The second kappa shape index (κ2) is 11.9. The fourth-order valence-electron chi connectivity index (χ4n) is 3.08. The predicted octanol–water partition coefficient (Wildman–Crippen LogP) is 4.93. The Hall–Kier alpha value is -2.66. The Morgan fingerprint density at radius 3 is 2.54 bits per heavy atom. The lowest BCUT2D eigenvalue weighted by Crippen LogP contribution is -2.54. The number of thiocarbonyl (C=S) groups is 1. The number of anilines is 1. The number of hydrogen-bond acceptors (Lipinski definition) is 7. The Morgan fingerprint density at radius 2 is 1.86 bits per heavy atom. The average molecular weight is 602 g/mol. The van der Waals surface area contributed by atoms with E-state index in [0.717, 1.165) is 4.90 Å². The molecule has 0 saturated carbocycles. The molecule has 184 valence electrons. The Bertz CT molecular complexity index is 1240. The second-order valence-corrected chi connectivity index (χ2v) is 8.90. The number of esters is 1. The number of carbonyl (C=O) groups is 3. The van der Waals surface area contributed by atoms with Crippen molar-refractivity contribution in [2.24, 2.45) is 0 Å². The Morgan fingerprint density at radius 1 is 1.14 bits per heavy atom. The van der Waals surface area contributed by atoms with Crippen LogP contribution in [-0.4, -0.2) is 42.7 Å². The number of benzene rings is 2. The molecule has 1 heterocycles. The molecule has 1 fully saturated rings. The highest BCUT2D eigenvalue weighted by Gasteiger charge is 2.36. The zero-order chi connectivity index (χ0) is 25.7. The van der Waals surface area contributed by atoms with Gasteiger partial charge in [0.2, 0.25) is 0 Å². The third kappa shape index (κ3) is 6.13. The van der Waals surface area contributed by atoms with Crippen LogP contribution in [-0.2, 0) is 19.1 Å². The predicted molar refractivity (Wildman–Crippen MR) is 140 cm³/mol. The highest BCUT2D eigenvalue weighted by atomic mass is 79.9. The first kappa shape index (κ1) is 26.9. The van der Waals surface area contributed by atoms with Crippen molar-refractivity contribution in [1.29, 1.82) is 0 Å². The van der Waals surface area contributed by atoms with Crippen molar-refractivity contribution >= 4 is 86.0 Å². The van der Waals surface area contributed by atoms with E-state index in [9.17, 15) is 14.4 Å². The molecule has 0 radical (unpaired) electrons. The third-order valence-electron chi connectivity index (χ3n) is 4.59. The molecule has 35 heavy (non-hydrogen) atoms. The fraction of sp³-hybridized carbons (Fsp3) is 0.217. The minimum atomic E-state index is -0.685. The van der Waals surface area contributed by atoms with Crippen LogP contribution >= 0.6 is 51.3 Å². The van der Waals surface area contributed by atoms with Gasteiger partial charge in [-0.2, -0.15) is 0 Å². The van der Waals surface area contributed by atoms with E-state index in [0.29, 0.717) is 22.4 Å². The van der Waals surface area contributed by atoms with Crippen LogP contribution in [0, 0.1) is 0 Å². The van der Waals surface area contributed by atoms with Crippen molar-refractivity contribution in [3.63, 3.8) is 0 Å². The molecule has 0 unspecified atom stereocenters. The Kier molecular flexibility index (Phi) is 9.12. The van der Waals surface area contributed by atoms with Crippen molar-refractivity contribution in [2.75, 3.05) is 24.7 Å². The van der Waals surface area contributed by atoms with Crippen molar-refractivity contribution < 1.29 is 28.6 Å². The van der Waals surface area contributed by atoms with E-state index in [2.05, 4.69) is 21.2 Å². The van der Waals surface area contributed by atoms with Gasteiger partial charge in [0, 0.05) is 4.47 Å². The molecule has 1 N–H and O–H groups in total. The second-order valence-electron chi connectivity index (χ2n) is 6.88. The van der Waals surface area contributed by atoms with Crippen LogP contribution in [0.2, 0.25) is 10.0 Å². The van der Waals surface area contributed by atoms with Gasteiger partial charge in [-0.05, 0) is 62.0 Å². The minimum Gasteiger partial charge on any atom is -0.490 e. The van der Waals surface area contributed by atoms with Gasteiger partial charge in [-0.25, -0.2) is 4.79 Å². The maximum atomic E-state index is 13.3. The summed E-state index contributed by atoms with van der Waals surface area (Å²) in [6.07, 6.45) is 1.38. The lowest BCUT2D eigenvalue weighted by Gasteiger charge is -2.29. The maximum Gasteiger partial charge on any atom is 0.344 e. The van der Waals surface area contributed by atoms with Crippen LogP contribution in [0.1, 0.15) is 19.4 Å². The first-order valence-electron chi connectivity index (χ1n) is 10.3. The number of nitrogens with zero attached hydrogens (tertiary/aromatic N) is 1. The van der Waals surface area contributed by atoms with Crippen LogP contribution in [0.15, 0.2) is 40.4 Å². The summed E-state index contributed by atoms with van der Waals surface area (Å²) in [5, 5.41) is 2.71. The van der Waals surface area contributed by atoms with Gasteiger partial charge in [-0.3, -0.25) is 19.8 Å². The molecule has 0 atom stereocenters. The maximum absolute atomic E-state index is 13.3. The highest BCUT2D eigenvalue weighted by Crippen LogP contribution is 2.37. The van der Waals surface area contributed by atoms with Gasteiger partial charge in [-0.15, -0.1) is 0 Å². The van der Waals surface area contributed by atoms with Crippen molar-refractivity contribution in [1.82, 2.24) is 5.32 Å². The summed E-state index contributed by atoms with van der Waals surface area (Å²) in [6, 6.07) is 7.88. The molecule has 0 aliphatic carbocycles. The average Bonchev–Trinajstić information content (AvgIpc) is 2.80. The summed E-state index contributed by atoms with van der Waals surface area (Å²) in [6.45, 7) is 3.70. The van der Waals surface area contributed by atoms with E-state index in [-0.39, 0.29) is 45.4 Å². The Balaban J connectivity index is 1.99. The number of amides is 2. The van der Waals surface area contributed by atoms with Crippen LogP contribution in [0.4, 0.5) is 5.69 Å². The van der Waals surface area contributed by atoms with Gasteiger partial charge in [0.05, 0.1) is 28.9 Å². The molecule has 1 aliphatic heterocycles. The first-order chi connectivity index (χ1) is 16.7. The number of halogens is 3. The number of nitrogens with one attached hydrogen (secondary N) is 1.